The Balaban J connectivity index is 2.03. The molecule has 1 N–H and O–H groups in total. The summed E-state index contributed by atoms with van der Waals surface area (Å²) < 4.78 is 5.58. The minimum Gasteiger partial charge on any atom is -0.493 e. The van der Waals surface area contributed by atoms with E-state index in [2.05, 4.69) is 17.6 Å². The van der Waals surface area contributed by atoms with Crippen LogP contribution in [0, 0.1) is 0 Å². The standard InChI is InChI=1S/C11H16N2O/c1-13(2)12-7-9-8-14-11-6-4-3-5-10(9)11/h3-6,9,12H,7-8H2,1-2H3. The number of ether oxygens (including phenoxy) is 1. The lowest BCUT2D eigenvalue weighted by Crippen LogP contribution is -2.34. The molecule has 0 fully saturated rings. The molecule has 76 valence electrons. The molecule has 2 rings (SSSR count). The van der Waals surface area contributed by atoms with Gasteiger partial charge in [-0.15, -0.1) is 0 Å². The van der Waals surface area contributed by atoms with Crippen molar-refractivity contribution in [3.8, 4) is 5.75 Å². The van der Waals surface area contributed by atoms with Crippen LogP contribution in [0.15, 0.2) is 24.3 Å². The first-order chi connectivity index (χ1) is 6.77. The smallest absolute Gasteiger partial charge is 0.122 e. The molecular formula is C11H16N2O. The second-order valence-electron chi connectivity index (χ2n) is 3.80. The summed E-state index contributed by atoms with van der Waals surface area (Å²) in [5, 5.41) is 1.97. The Kier molecular flexibility index (Phi) is 2.70. The largest absolute Gasteiger partial charge is 0.493 e. The summed E-state index contributed by atoms with van der Waals surface area (Å²) in [6, 6.07) is 8.26. The van der Waals surface area contributed by atoms with Crippen LogP contribution >= 0.6 is 0 Å². The van der Waals surface area contributed by atoms with Gasteiger partial charge in [0.1, 0.15) is 5.75 Å². The van der Waals surface area contributed by atoms with E-state index in [4.69, 9.17) is 4.74 Å². The molecule has 3 heteroatoms. The van der Waals surface area contributed by atoms with E-state index in [-0.39, 0.29) is 0 Å². The fourth-order valence-corrected chi connectivity index (χ4v) is 1.69. The van der Waals surface area contributed by atoms with Crippen LogP contribution in [0.4, 0.5) is 0 Å². The van der Waals surface area contributed by atoms with Gasteiger partial charge in [0, 0.05) is 32.1 Å². The van der Waals surface area contributed by atoms with E-state index in [1.54, 1.807) is 0 Å². The Hall–Kier alpha value is -1.06. The first kappa shape index (κ1) is 9.49. The van der Waals surface area contributed by atoms with Crippen LogP contribution in [-0.4, -0.2) is 32.3 Å². The minimum absolute atomic E-state index is 0.480. The molecule has 1 aliphatic rings. The van der Waals surface area contributed by atoms with E-state index in [0.29, 0.717) is 5.92 Å². The molecule has 3 nitrogen and oxygen atoms in total. The van der Waals surface area contributed by atoms with Gasteiger partial charge in [0.2, 0.25) is 0 Å². The molecule has 14 heavy (non-hydrogen) atoms. The first-order valence-corrected chi connectivity index (χ1v) is 4.90. The molecule has 1 heterocycles. The fourth-order valence-electron chi connectivity index (χ4n) is 1.69. The monoisotopic (exact) mass is 192 g/mol. The predicted molar refractivity (Wildman–Crippen MR) is 56.4 cm³/mol. The summed E-state index contributed by atoms with van der Waals surface area (Å²) in [6.45, 7) is 1.73. The average molecular weight is 192 g/mol. The van der Waals surface area contributed by atoms with Gasteiger partial charge in [-0.3, -0.25) is 10.4 Å². The number of rotatable bonds is 3. The highest BCUT2D eigenvalue weighted by Gasteiger charge is 2.22. The number of hydrazine groups is 1. The van der Waals surface area contributed by atoms with Crippen LogP contribution in [0.2, 0.25) is 0 Å². The van der Waals surface area contributed by atoms with Crippen LogP contribution in [-0.2, 0) is 0 Å². The SMILES string of the molecule is CN(C)NCC1COc2ccccc21. The van der Waals surface area contributed by atoms with E-state index in [0.717, 1.165) is 18.9 Å². The zero-order valence-electron chi connectivity index (χ0n) is 8.66. The van der Waals surface area contributed by atoms with E-state index in [9.17, 15) is 0 Å². The molecule has 0 saturated heterocycles. The molecular weight excluding hydrogens is 176 g/mol. The average Bonchev–Trinajstić information content (AvgIpc) is 2.58. The van der Waals surface area contributed by atoms with Crippen molar-refractivity contribution in [2.75, 3.05) is 27.2 Å². The van der Waals surface area contributed by atoms with E-state index in [1.807, 2.05) is 31.2 Å². The van der Waals surface area contributed by atoms with Crippen molar-refractivity contribution in [2.24, 2.45) is 0 Å². The second-order valence-corrected chi connectivity index (χ2v) is 3.80. The lowest BCUT2D eigenvalue weighted by atomic mass is 10.0. The number of hydrogen-bond acceptors (Lipinski definition) is 3. The molecule has 0 saturated carbocycles. The van der Waals surface area contributed by atoms with Crippen molar-refractivity contribution in [3.63, 3.8) is 0 Å². The van der Waals surface area contributed by atoms with Crippen LogP contribution < -0.4 is 10.2 Å². The Labute approximate surface area is 84.6 Å². The first-order valence-electron chi connectivity index (χ1n) is 4.90. The molecule has 0 aliphatic carbocycles. The molecule has 1 atom stereocenters. The van der Waals surface area contributed by atoms with Gasteiger partial charge in [-0.1, -0.05) is 18.2 Å². The van der Waals surface area contributed by atoms with Gasteiger partial charge >= 0.3 is 0 Å². The Morgan fingerprint density at radius 2 is 2.21 bits per heavy atom. The minimum atomic E-state index is 0.480. The molecule has 0 spiro atoms. The third-order valence-electron chi connectivity index (χ3n) is 2.45. The van der Waals surface area contributed by atoms with Crippen LogP contribution in [0.25, 0.3) is 0 Å². The molecule has 1 aromatic rings. The maximum atomic E-state index is 5.58. The Morgan fingerprint density at radius 1 is 1.43 bits per heavy atom. The van der Waals surface area contributed by atoms with Crippen molar-refractivity contribution in [1.29, 1.82) is 0 Å². The lowest BCUT2D eigenvalue weighted by Gasteiger charge is -2.15. The van der Waals surface area contributed by atoms with Crippen molar-refractivity contribution < 1.29 is 4.74 Å². The highest BCUT2D eigenvalue weighted by molar-refractivity contribution is 5.39. The molecule has 0 bridgehead atoms. The molecule has 0 amide bonds. The van der Waals surface area contributed by atoms with Crippen LogP contribution in [0.3, 0.4) is 0 Å². The summed E-state index contributed by atoms with van der Waals surface area (Å²) >= 11 is 0. The fraction of sp³-hybridized carbons (Fsp3) is 0.455. The van der Waals surface area contributed by atoms with Gasteiger partial charge in [-0.25, -0.2) is 0 Å². The highest BCUT2D eigenvalue weighted by atomic mass is 16.5. The lowest BCUT2D eigenvalue weighted by molar-refractivity contribution is 0.258. The third kappa shape index (κ3) is 1.89. The van der Waals surface area contributed by atoms with E-state index >= 15 is 0 Å². The second kappa shape index (κ2) is 3.98. The summed E-state index contributed by atoms with van der Waals surface area (Å²) in [4.78, 5) is 0. The van der Waals surface area contributed by atoms with Crippen molar-refractivity contribution in [2.45, 2.75) is 5.92 Å². The number of nitrogens with zero attached hydrogens (tertiary/aromatic N) is 1. The summed E-state index contributed by atoms with van der Waals surface area (Å²) in [5.74, 6) is 1.52. The third-order valence-corrected chi connectivity index (χ3v) is 2.45. The van der Waals surface area contributed by atoms with Gasteiger partial charge in [-0.05, 0) is 6.07 Å². The number of fused-ring (bicyclic) bond motifs is 1. The normalized spacial score (nSPS) is 19.5. The molecule has 0 radical (unpaired) electrons. The summed E-state index contributed by atoms with van der Waals surface area (Å²) in [7, 11) is 4.00. The van der Waals surface area contributed by atoms with Gasteiger partial charge in [0.05, 0.1) is 6.61 Å². The number of para-hydroxylation sites is 1. The zero-order chi connectivity index (χ0) is 9.97. The number of benzene rings is 1. The van der Waals surface area contributed by atoms with E-state index in [1.165, 1.54) is 5.56 Å². The van der Waals surface area contributed by atoms with Crippen molar-refractivity contribution in [3.05, 3.63) is 29.8 Å². The van der Waals surface area contributed by atoms with E-state index < -0.39 is 0 Å². The van der Waals surface area contributed by atoms with Gasteiger partial charge < -0.3 is 4.74 Å². The van der Waals surface area contributed by atoms with Crippen LogP contribution in [0.1, 0.15) is 11.5 Å². The van der Waals surface area contributed by atoms with Crippen molar-refractivity contribution in [1.82, 2.24) is 10.4 Å². The topological polar surface area (TPSA) is 24.5 Å². The maximum absolute atomic E-state index is 5.58. The quantitative estimate of drug-likeness (QED) is 0.729. The molecule has 1 aliphatic heterocycles. The zero-order valence-corrected chi connectivity index (χ0v) is 8.66. The summed E-state index contributed by atoms with van der Waals surface area (Å²) in [5.41, 5.74) is 4.60. The highest BCUT2D eigenvalue weighted by Crippen LogP contribution is 2.32. The summed E-state index contributed by atoms with van der Waals surface area (Å²) in [6.07, 6.45) is 0. The van der Waals surface area contributed by atoms with Crippen molar-refractivity contribution >= 4 is 0 Å². The Bertz CT molecular complexity index is 312. The maximum Gasteiger partial charge on any atom is 0.122 e. The van der Waals surface area contributed by atoms with Gasteiger partial charge in [0.15, 0.2) is 0 Å². The Morgan fingerprint density at radius 3 is 3.00 bits per heavy atom. The van der Waals surface area contributed by atoms with Gasteiger partial charge in [0.25, 0.3) is 0 Å². The predicted octanol–water partition coefficient (Wildman–Crippen LogP) is 1.23. The van der Waals surface area contributed by atoms with Crippen LogP contribution in [0.5, 0.6) is 5.75 Å². The molecule has 1 unspecified atom stereocenters. The van der Waals surface area contributed by atoms with Gasteiger partial charge in [-0.2, -0.15) is 0 Å². The number of nitrogens with one attached hydrogen (secondary N) is 1. The molecule has 1 aromatic carbocycles. The molecule has 0 aromatic heterocycles. The number of hydrogen-bond donors (Lipinski definition) is 1.